The number of esters is 1. The molecule has 6 nitrogen and oxygen atoms in total. The van der Waals surface area contributed by atoms with Crippen LogP contribution < -0.4 is 5.43 Å². The molecule has 2 aromatic carbocycles. The lowest BCUT2D eigenvalue weighted by Crippen LogP contribution is -2.17. The molecule has 0 unspecified atom stereocenters. The molecular formula is C23H22N2O4S. The second-order valence-electron chi connectivity index (χ2n) is 6.20. The van der Waals surface area contributed by atoms with Crippen molar-refractivity contribution in [1.82, 2.24) is 5.43 Å². The highest BCUT2D eigenvalue weighted by Gasteiger charge is 2.08. The van der Waals surface area contributed by atoms with E-state index in [-0.39, 0.29) is 11.9 Å². The monoisotopic (exact) mass is 422 g/mol. The summed E-state index contributed by atoms with van der Waals surface area (Å²) in [7, 11) is 0. The first-order chi connectivity index (χ1) is 14.7. The number of nitrogens with one attached hydrogen (secondary N) is 1. The van der Waals surface area contributed by atoms with Crippen LogP contribution in [-0.4, -0.2) is 30.5 Å². The number of thioether (sulfide) groups is 1. The molecule has 0 saturated carbocycles. The van der Waals surface area contributed by atoms with Gasteiger partial charge in [-0.2, -0.15) is 5.10 Å². The molecule has 0 fully saturated rings. The second-order valence-corrected chi connectivity index (χ2v) is 7.37. The number of hydrogen-bond donors (Lipinski definition) is 1. The third-order valence-electron chi connectivity index (χ3n) is 4.03. The molecule has 30 heavy (non-hydrogen) atoms. The summed E-state index contributed by atoms with van der Waals surface area (Å²) in [6.45, 7) is 2.11. The van der Waals surface area contributed by atoms with Crippen LogP contribution in [0.2, 0.25) is 0 Å². The van der Waals surface area contributed by atoms with Crippen LogP contribution in [0.15, 0.2) is 81.1 Å². The van der Waals surface area contributed by atoms with Crippen molar-refractivity contribution >= 4 is 29.9 Å². The molecule has 154 valence electrons. The van der Waals surface area contributed by atoms with Crippen LogP contribution in [0.25, 0.3) is 11.3 Å². The normalized spacial score (nSPS) is 10.8. The highest BCUT2D eigenvalue weighted by atomic mass is 32.2. The van der Waals surface area contributed by atoms with Gasteiger partial charge in [-0.3, -0.25) is 4.79 Å². The predicted molar refractivity (Wildman–Crippen MR) is 118 cm³/mol. The average Bonchev–Trinajstić information content (AvgIpc) is 3.24. The minimum absolute atomic E-state index is 0.156. The van der Waals surface area contributed by atoms with Crippen LogP contribution in [0.5, 0.6) is 0 Å². The summed E-state index contributed by atoms with van der Waals surface area (Å²) in [5.41, 5.74) is 3.82. The predicted octanol–water partition coefficient (Wildman–Crippen LogP) is 4.76. The number of ether oxygens (including phenoxy) is 1. The fourth-order valence-corrected chi connectivity index (χ4v) is 3.44. The van der Waals surface area contributed by atoms with Gasteiger partial charge in [0.15, 0.2) is 0 Å². The van der Waals surface area contributed by atoms with E-state index in [1.54, 1.807) is 55.1 Å². The number of hydrazone groups is 1. The quantitative estimate of drug-likeness (QED) is 0.233. The number of hydrogen-bond acceptors (Lipinski definition) is 6. The van der Waals surface area contributed by atoms with E-state index in [9.17, 15) is 9.59 Å². The Labute approximate surface area is 179 Å². The first-order valence-electron chi connectivity index (χ1n) is 9.53. The molecule has 7 heteroatoms. The van der Waals surface area contributed by atoms with Crippen LogP contribution in [0.1, 0.15) is 29.5 Å². The van der Waals surface area contributed by atoms with Gasteiger partial charge < -0.3 is 9.15 Å². The Morgan fingerprint density at radius 1 is 1.07 bits per heavy atom. The van der Waals surface area contributed by atoms with Crippen LogP contribution in [-0.2, 0) is 9.53 Å². The van der Waals surface area contributed by atoms with Crippen LogP contribution in [0.3, 0.4) is 0 Å². The second kappa shape index (κ2) is 11.0. The van der Waals surface area contributed by atoms with Crippen molar-refractivity contribution < 1.29 is 18.7 Å². The van der Waals surface area contributed by atoms with Gasteiger partial charge in [0.25, 0.3) is 0 Å². The lowest BCUT2D eigenvalue weighted by molar-refractivity contribution is -0.120. The van der Waals surface area contributed by atoms with Crippen LogP contribution >= 0.6 is 11.8 Å². The van der Waals surface area contributed by atoms with E-state index < -0.39 is 0 Å². The Balaban J connectivity index is 1.47. The zero-order valence-electron chi connectivity index (χ0n) is 16.5. The number of benzene rings is 2. The molecule has 1 aromatic heterocycles. The Bertz CT molecular complexity index is 998. The van der Waals surface area contributed by atoms with Gasteiger partial charge >= 0.3 is 5.97 Å². The molecule has 3 rings (SSSR count). The van der Waals surface area contributed by atoms with E-state index in [1.165, 1.54) is 6.21 Å². The fourth-order valence-electron chi connectivity index (χ4n) is 2.56. The highest BCUT2D eigenvalue weighted by molar-refractivity contribution is 7.99. The summed E-state index contributed by atoms with van der Waals surface area (Å²) in [5.74, 6) is 1.32. The molecule has 0 aliphatic heterocycles. The Morgan fingerprint density at radius 3 is 2.57 bits per heavy atom. The number of furan rings is 1. The van der Waals surface area contributed by atoms with Gasteiger partial charge in [-0.15, -0.1) is 11.8 Å². The van der Waals surface area contributed by atoms with Crippen molar-refractivity contribution in [3.63, 3.8) is 0 Å². The van der Waals surface area contributed by atoms with Crippen molar-refractivity contribution in [2.75, 3.05) is 12.4 Å². The first-order valence-corrected chi connectivity index (χ1v) is 10.5. The van der Waals surface area contributed by atoms with Crippen molar-refractivity contribution in [3.05, 3.63) is 78.1 Å². The van der Waals surface area contributed by atoms with E-state index in [4.69, 9.17) is 9.15 Å². The topological polar surface area (TPSA) is 80.9 Å². The van der Waals surface area contributed by atoms with Crippen molar-refractivity contribution in [3.8, 4) is 11.3 Å². The zero-order valence-corrected chi connectivity index (χ0v) is 17.4. The smallest absolute Gasteiger partial charge is 0.338 e. The first kappa shape index (κ1) is 21.4. The van der Waals surface area contributed by atoms with Crippen LogP contribution in [0.4, 0.5) is 0 Å². The number of amides is 1. The third kappa shape index (κ3) is 6.35. The summed E-state index contributed by atoms with van der Waals surface area (Å²) in [4.78, 5) is 24.7. The Hall–Kier alpha value is -3.32. The molecule has 0 aliphatic rings. The SMILES string of the molecule is CCOC(=O)c1ccc(-c2ccc(/C=N\NC(=O)CCSc3ccccc3)o2)cc1. The Morgan fingerprint density at radius 2 is 1.83 bits per heavy atom. The van der Waals surface area contributed by atoms with E-state index in [1.807, 2.05) is 30.3 Å². The molecule has 1 amide bonds. The van der Waals surface area contributed by atoms with Crippen molar-refractivity contribution in [2.45, 2.75) is 18.2 Å². The number of carbonyl (C=O) groups is 2. The number of nitrogens with zero attached hydrogens (tertiary/aromatic N) is 1. The molecule has 1 heterocycles. The minimum Gasteiger partial charge on any atom is -0.462 e. The summed E-state index contributed by atoms with van der Waals surface area (Å²) < 4.78 is 10.7. The number of carbonyl (C=O) groups excluding carboxylic acids is 2. The molecule has 0 bridgehead atoms. The lowest BCUT2D eigenvalue weighted by Gasteiger charge is -2.02. The van der Waals surface area contributed by atoms with Gasteiger partial charge in [-0.05, 0) is 43.3 Å². The van der Waals surface area contributed by atoms with E-state index >= 15 is 0 Å². The Kier molecular flexibility index (Phi) is 7.86. The van der Waals surface area contributed by atoms with Gasteiger partial charge in [-0.1, -0.05) is 30.3 Å². The molecule has 0 radical (unpaired) electrons. The minimum atomic E-state index is -0.353. The summed E-state index contributed by atoms with van der Waals surface area (Å²) >= 11 is 1.62. The van der Waals surface area contributed by atoms with Gasteiger partial charge in [0.1, 0.15) is 11.5 Å². The van der Waals surface area contributed by atoms with Crippen molar-refractivity contribution in [1.29, 1.82) is 0 Å². The largest absolute Gasteiger partial charge is 0.462 e. The van der Waals surface area contributed by atoms with Crippen LogP contribution in [0, 0.1) is 0 Å². The van der Waals surface area contributed by atoms with Gasteiger partial charge in [-0.25, -0.2) is 10.2 Å². The molecule has 0 atom stereocenters. The molecule has 0 aliphatic carbocycles. The lowest BCUT2D eigenvalue weighted by atomic mass is 10.1. The summed E-state index contributed by atoms with van der Waals surface area (Å²) in [6, 6.07) is 20.5. The maximum Gasteiger partial charge on any atom is 0.338 e. The van der Waals surface area contributed by atoms with Gasteiger partial charge in [0.05, 0.1) is 18.4 Å². The van der Waals surface area contributed by atoms with E-state index in [2.05, 4.69) is 10.5 Å². The summed E-state index contributed by atoms with van der Waals surface area (Å²) in [5, 5.41) is 3.94. The molecule has 0 spiro atoms. The zero-order chi connectivity index (χ0) is 21.2. The maximum absolute atomic E-state index is 11.9. The molecule has 3 aromatic rings. The fraction of sp³-hybridized carbons (Fsp3) is 0.174. The number of rotatable bonds is 9. The molecular weight excluding hydrogens is 400 g/mol. The van der Waals surface area contributed by atoms with Gasteiger partial charge in [0.2, 0.25) is 5.91 Å². The highest BCUT2D eigenvalue weighted by Crippen LogP contribution is 2.22. The molecule has 0 saturated heterocycles. The summed E-state index contributed by atoms with van der Waals surface area (Å²) in [6.07, 6.45) is 1.83. The molecule has 1 N–H and O–H groups in total. The average molecular weight is 423 g/mol. The standard InChI is InChI=1S/C23H22N2O4S/c1-2-28-23(27)18-10-8-17(9-11-18)21-13-12-19(29-21)16-24-25-22(26)14-15-30-20-6-4-3-5-7-20/h3-13,16H,2,14-15H2,1H3,(H,25,26)/b24-16-. The maximum atomic E-state index is 11.9. The van der Waals surface area contributed by atoms with E-state index in [0.717, 1.165) is 10.5 Å². The van der Waals surface area contributed by atoms with E-state index in [0.29, 0.717) is 35.9 Å². The van der Waals surface area contributed by atoms with Gasteiger partial charge in [0, 0.05) is 22.6 Å². The van der Waals surface area contributed by atoms with Crippen molar-refractivity contribution in [2.24, 2.45) is 5.10 Å². The third-order valence-corrected chi connectivity index (χ3v) is 5.04.